The lowest BCUT2D eigenvalue weighted by molar-refractivity contribution is 0.550. The van der Waals surface area contributed by atoms with Crippen LogP contribution in [0, 0.1) is 5.92 Å². The van der Waals surface area contributed by atoms with Gasteiger partial charge in [-0.1, -0.05) is 13.8 Å². The van der Waals surface area contributed by atoms with E-state index in [1.54, 1.807) is 6.26 Å². The molecule has 0 fully saturated rings. The molecule has 0 unspecified atom stereocenters. The van der Waals surface area contributed by atoms with Crippen LogP contribution in [-0.2, 0) is 13.6 Å². The fraction of sp³-hybridized carbons (Fsp3) is 0.462. The molecule has 1 N–H and O–H groups in total. The molecule has 4 nitrogen and oxygen atoms in total. The summed E-state index contributed by atoms with van der Waals surface area (Å²) in [6, 6.07) is 3.82. The van der Waals surface area contributed by atoms with Crippen LogP contribution >= 0.6 is 0 Å². The quantitative estimate of drug-likeness (QED) is 0.862. The Kier molecular flexibility index (Phi) is 3.64. The number of hydrogen-bond donors (Lipinski definition) is 1. The monoisotopic (exact) mass is 233 g/mol. The molecular weight excluding hydrogens is 214 g/mol. The van der Waals surface area contributed by atoms with Crippen LogP contribution in [0.5, 0.6) is 0 Å². The van der Waals surface area contributed by atoms with Crippen LogP contribution in [0.4, 0.5) is 0 Å². The van der Waals surface area contributed by atoms with E-state index < -0.39 is 0 Å². The van der Waals surface area contributed by atoms with E-state index in [0.717, 1.165) is 24.5 Å². The second kappa shape index (κ2) is 5.19. The Morgan fingerprint density at radius 3 is 2.94 bits per heavy atom. The van der Waals surface area contributed by atoms with Gasteiger partial charge in [-0.2, -0.15) is 5.10 Å². The molecule has 0 saturated carbocycles. The van der Waals surface area contributed by atoms with Gasteiger partial charge in [0.05, 0.1) is 6.26 Å². The number of nitrogens with one attached hydrogen (secondary N) is 1. The lowest BCUT2D eigenvalue weighted by Gasteiger charge is -2.06. The summed E-state index contributed by atoms with van der Waals surface area (Å²) in [5, 5.41) is 7.86. The highest BCUT2D eigenvalue weighted by Gasteiger charge is 2.11. The van der Waals surface area contributed by atoms with Crippen LogP contribution in [0.15, 0.2) is 29.0 Å². The Hall–Kier alpha value is -1.55. The maximum atomic E-state index is 5.40. The van der Waals surface area contributed by atoms with E-state index in [0.29, 0.717) is 5.92 Å². The zero-order valence-corrected chi connectivity index (χ0v) is 10.6. The van der Waals surface area contributed by atoms with Crippen LogP contribution in [-0.4, -0.2) is 16.3 Å². The van der Waals surface area contributed by atoms with Gasteiger partial charge in [0.25, 0.3) is 0 Å². The summed E-state index contributed by atoms with van der Waals surface area (Å²) in [5.74, 6) is 1.48. The molecule has 0 bridgehead atoms. The van der Waals surface area contributed by atoms with Gasteiger partial charge in [0, 0.05) is 25.4 Å². The van der Waals surface area contributed by atoms with Crippen molar-refractivity contribution in [3.05, 3.63) is 30.2 Å². The number of aryl methyl sites for hydroxylation is 1. The standard InChI is InChI=1S/C13H19N3O/c1-10(2)7-14-8-11-9-16(3)15-13(11)12-5-4-6-17-12/h4-6,9-10,14H,7-8H2,1-3H3. The fourth-order valence-electron chi connectivity index (χ4n) is 1.78. The smallest absolute Gasteiger partial charge is 0.154 e. The molecule has 0 spiro atoms. The molecule has 2 aromatic heterocycles. The maximum absolute atomic E-state index is 5.40. The summed E-state index contributed by atoms with van der Waals surface area (Å²) >= 11 is 0. The SMILES string of the molecule is CC(C)CNCc1cn(C)nc1-c1ccco1. The van der Waals surface area contributed by atoms with Crippen LogP contribution in [0.25, 0.3) is 11.5 Å². The molecule has 0 aliphatic carbocycles. The predicted octanol–water partition coefficient (Wildman–Crippen LogP) is 2.43. The van der Waals surface area contributed by atoms with Crippen molar-refractivity contribution in [1.29, 1.82) is 0 Å². The van der Waals surface area contributed by atoms with Gasteiger partial charge in [-0.05, 0) is 24.6 Å². The van der Waals surface area contributed by atoms with E-state index in [1.807, 2.05) is 30.1 Å². The Balaban J connectivity index is 2.11. The molecule has 0 amide bonds. The highest BCUT2D eigenvalue weighted by molar-refractivity contribution is 5.56. The highest BCUT2D eigenvalue weighted by atomic mass is 16.3. The van der Waals surface area contributed by atoms with Crippen molar-refractivity contribution in [1.82, 2.24) is 15.1 Å². The molecule has 2 heterocycles. The predicted molar refractivity (Wildman–Crippen MR) is 67.5 cm³/mol. The molecule has 2 rings (SSSR count). The van der Waals surface area contributed by atoms with Crippen molar-refractivity contribution in [3.8, 4) is 11.5 Å². The Morgan fingerprint density at radius 2 is 2.29 bits per heavy atom. The molecule has 0 saturated heterocycles. The largest absolute Gasteiger partial charge is 0.463 e. The van der Waals surface area contributed by atoms with E-state index in [2.05, 4.69) is 24.3 Å². The Morgan fingerprint density at radius 1 is 1.47 bits per heavy atom. The van der Waals surface area contributed by atoms with Crippen molar-refractivity contribution in [3.63, 3.8) is 0 Å². The first-order valence-corrected chi connectivity index (χ1v) is 5.94. The van der Waals surface area contributed by atoms with E-state index in [-0.39, 0.29) is 0 Å². The molecule has 0 aromatic carbocycles. The van der Waals surface area contributed by atoms with Crippen molar-refractivity contribution < 1.29 is 4.42 Å². The molecule has 92 valence electrons. The topological polar surface area (TPSA) is 43.0 Å². The van der Waals surface area contributed by atoms with E-state index in [1.165, 1.54) is 5.56 Å². The molecule has 0 atom stereocenters. The molecule has 4 heteroatoms. The number of hydrogen-bond acceptors (Lipinski definition) is 3. The van der Waals surface area contributed by atoms with Gasteiger partial charge < -0.3 is 9.73 Å². The van der Waals surface area contributed by atoms with Gasteiger partial charge in [0.2, 0.25) is 0 Å². The average Bonchev–Trinajstić information content (AvgIpc) is 2.86. The molecule has 0 aliphatic rings. The molecule has 17 heavy (non-hydrogen) atoms. The highest BCUT2D eigenvalue weighted by Crippen LogP contribution is 2.21. The minimum Gasteiger partial charge on any atom is -0.463 e. The normalized spacial score (nSPS) is 11.3. The number of furan rings is 1. The molecular formula is C13H19N3O. The zero-order chi connectivity index (χ0) is 12.3. The summed E-state index contributed by atoms with van der Waals surface area (Å²) in [6.45, 7) is 6.22. The number of rotatable bonds is 5. The molecule has 0 radical (unpaired) electrons. The minimum absolute atomic E-state index is 0.652. The third-order valence-corrected chi connectivity index (χ3v) is 2.53. The van der Waals surface area contributed by atoms with Crippen LogP contribution in [0.3, 0.4) is 0 Å². The third-order valence-electron chi connectivity index (χ3n) is 2.53. The summed E-state index contributed by atoms with van der Waals surface area (Å²) in [5.41, 5.74) is 2.09. The zero-order valence-electron chi connectivity index (χ0n) is 10.6. The van der Waals surface area contributed by atoms with Crippen molar-refractivity contribution in [2.75, 3.05) is 6.54 Å². The fourth-order valence-corrected chi connectivity index (χ4v) is 1.78. The van der Waals surface area contributed by atoms with Gasteiger partial charge in [-0.25, -0.2) is 0 Å². The van der Waals surface area contributed by atoms with Crippen LogP contribution < -0.4 is 5.32 Å². The minimum atomic E-state index is 0.652. The van der Waals surface area contributed by atoms with Gasteiger partial charge in [-0.15, -0.1) is 0 Å². The van der Waals surface area contributed by atoms with E-state index in [4.69, 9.17) is 4.42 Å². The second-order valence-corrected chi connectivity index (χ2v) is 4.68. The maximum Gasteiger partial charge on any atom is 0.154 e. The van der Waals surface area contributed by atoms with E-state index in [9.17, 15) is 0 Å². The van der Waals surface area contributed by atoms with Crippen LogP contribution in [0.2, 0.25) is 0 Å². The summed E-state index contributed by atoms with van der Waals surface area (Å²) in [6.07, 6.45) is 3.71. The molecule has 2 aromatic rings. The van der Waals surface area contributed by atoms with Crippen molar-refractivity contribution in [2.24, 2.45) is 13.0 Å². The summed E-state index contributed by atoms with van der Waals surface area (Å²) in [7, 11) is 1.93. The van der Waals surface area contributed by atoms with Gasteiger partial charge >= 0.3 is 0 Å². The lowest BCUT2D eigenvalue weighted by atomic mass is 10.2. The van der Waals surface area contributed by atoms with Gasteiger partial charge in [0.1, 0.15) is 5.69 Å². The van der Waals surface area contributed by atoms with Crippen molar-refractivity contribution in [2.45, 2.75) is 20.4 Å². The van der Waals surface area contributed by atoms with Crippen molar-refractivity contribution >= 4 is 0 Å². The van der Waals surface area contributed by atoms with E-state index >= 15 is 0 Å². The second-order valence-electron chi connectivity index (χ2n) is 4.68. The Bertz CT molecular complexity index is 457. The number of aromatic nitrogens is 2. The van der Waals surface area contributed by atoms with Crippen LogP contribution in [0.1, 0.15) is 19.4 Å². The Labute approximate surface area is 102 Å². The molecule has 0 aliphatic heterocycles. The van der Waals surface area contributed by atoms with Gasteiger partial charge in [-0.3, -0.25) is 4.68 Å². The average molecular weight is 233 g/mol. The van der Waals surface area contributed by atoms with Gasteiger partial charge in [0.15, 0.2) is 5.76 Å². The first-order valence-electron chi connectivity index (χ1n) is 5.94. The lowest BCUT2D eigenvalue weighted by Crippen LogP contribution is -2.19. The third kappa shape index (κ3) is 2.97. The first kappa shape index (κ1) is 11.9. The summed E-state index contributed by atoms with van der Waals surface area (Å²) < 4.78 is 7.22. The number of nitrogens with zero attached hydrogens (tertiary/aromatic N) is 2. The summed E-state index contributed by atoms with van der Waals surface area (Å²) in [4.78, 5) is 0. The first-order chi connectivity index (χ1) is 8.16.